The van der Waals surface area contributed by atoms with Crippen LogP contribution in [-0.4, -0.2) is 137 Å². The van der Waals surface area contributed by atoms with Gasteiger partial charge in [-0.3, -0.25) is 23.9 Å². The summed E-state index contributed by atoms with van der Waals surface area (Å²) in [5.41, 5.74) is 11.2. The number of aliphatic hydroxyl groups is 3. The number of benzene rings is 1. The number of hydrogen-bond acceptors (Lipinski definition) is 12. The van der Waals surface area contributed by atoms with Gasteiger partial charge in [-0.15, -0.1) is 11.6 Å². The van der Waals surface area contributed by atoms with Crippen molar-refractivity contribution in [3.8, 4) is 0 Å². The number of likely N-dealkylation sites (tertiary alicyclic amines) is 1. The highest BCUT2D eigenvalue weighted by molar-refractivity contribution is 7.80. The molecular weight excluding hydrogens is 752 g/mol. The van der Waals surface area contributed by atoms with E-state index in [0.29, 0.717) is 50.6 Å². The number of amides is 3. The number of nitrogens with two attached hydrogens (primary N) is 2. The fourth-order valence-corrected chi connectivity index (χ4v) is 8.00. The van der Waals surface area contributed by atoms with Gasteiger partial charge in [-0.2, -0.15) is 8.42 Å². The Kier molecular flexibility index (Phi) is 15.8. The van der Waals surface area contributed by atoms with E-state index in [0.717, 1.165) is 0 Å². The minimum absolute atomic E-state index is 0.0427. The summed E-state index contributed by atoms with van der Waals surface area (Å²) in [6, 6.07) is 5.07. The van der Waals surface area contributed by atoms with Gasteiger partial charge in [0, 0.05) is 30.9 Å². The molecule has 2 saturated heterocycles. The second-order valence-electron chi connectivity index (χ2n) is 14.3. The number of carbonyl (C=O) groups is 3. The zero-order valence-corrected chi connectivity index (χ0v) is 31.8. The van der Waals surface area contributed by atoms with Crippen LogP contribution in [0, 0.1) is 11.8 Å². The number of fused-ring (bicyclic) bond motifs is 1. The minimum atomic E-state index is -5.18. The molecule has 0 bridgehead atoms. The van der Waals surface area contributed by atoms with Gasteiger partial charge in [0.2, 0.25) is 11.8 Å². The number of nitrogens with one attached hydrogen (secondary N) is 2. The van der Waals surface area contributed by atoms with Crippen molar-refractivity contribution in [2.45, 2.75) is 119 Å². The number of unbranched alkanes of at least 4 members (excludes halogenated alkanes) is 1. The highest BCUT2D eigenvalue weighted by atomic mass is 35.5. The second kappa shape index (κ2) is 19.6. The summed E-state index contributed by atoms with van der Waals surface area (Å²) in [5.74, 6) is -3.08. The summed E-state index contributed by atoms with van der Waals surface area (Å²) < 4.78 is 49.9. The number of carbonyl (C=O) groups excluding carboxylic acids is 3. The van der Waals surface area contributed by atoms with Crippen LogP contribution in [0.5, 0.6) is 0 Å². The normalized spacial score (nSPS) is 28.8. The Morgan fingerprint density at radius 2 is 1.78 bits per heavy atom. The maximum Gasteiger partial charge on any atom is 0.398 e. The predicted octanol–water partition coefficient (Wildman–Crippen LogP) is -1.07. The molecule has 54 heavy (non-hydrogen) atoms. The van der Waals surface area contributed by atoms with Crippen LogP contribution in [-0.2, 0) is 44.9 Å². The van der Waals surface area contributed by atoms with Crippen molar-refractivity contribution in [2.24, 2.45) is 28.3 Å². The molecule has 304 valence electrons. The molecule has 11 atom stereocenters. The van der Waals surface area contributed by atoms with Crippen LogP contribution in [0.1, 0.15) is 57.9 Å². The number of halogens is 1. The molecule has 1 aromatic rings. The number of alkyl halides is 1. The fraction of sp³-hybridized carbons (Fsp3) is 0.706. The van der Waals surface area contributed by atoms with Gasteiger partial charge in [0.25, 0.3) is 5.91 Å². The Labute approximate surface area is 319 Å². The number of aliphatic imine (C=N–C) groups is 1. The first kappa shape index (κ1) is 43.6. The molecule has 3 amide bonds. The molecule has 0 spiro atoms. The van der Waals surface area contributed by atoms with Crippen LogP contribution in [0.15, 0.2) is 35.3 Å². The Morgan fingerprint density at radius 3 is 2.43 bits per heavy atom. The molecule has 4 rings (SSSR count). The van der Waals surface area contributed by atoms with Gasteiger partial charge in [-0.25, -0.2) is 4.18 Å². The SMILES string of the molecule is CC(C)[C@@H](O[C@H]1OC[C@@H](O)[C@H](O)[C@H]1O)[C@H](NC(=O)C(Cc1ccccc1)OS(=O)(=O)O)C(=O)N1C(C(=O)NCCCCN=C(N)N)CC2CCC(Cl)CC21. The van der Waals surface area contributed by atoms with E-state index in [-0.39, 0.29) is 30.2 Å². The van der Waals surface area contributed by atoms with E-state index in [1.807, 2.05) is 0 Å². The van der Waals surface area contributed by atoms with Crippen LogP contribution in [0.3, 0.4) is 0 Å². The molecule has 2 aliphatic heterocycles. The summed E-state index contributed by atoms with van der Waals surface area (Å²) in [6.45, 7) is 3.53. The molecule has 2 heterocycles. The first-order chi connectivity index (χ1) is 25.5. The van der Waals surface area contributed by atoms with E-state index < -0.39 is 95.6 Å². The van der Waals surface area contributed by atoms with E-state index in [1.165, 1.54) is 4.90 Å². The van der Waals surface area contributed by atoms with Gasteiger partial charge >= 0.3 is 10.4 Å². The standard InChI is InChI=1S/C34H53ClN6O12S/c1-18(2)29(52-33-28(44)27(43)24(42)17-51-33)26(40-31(46)25(53-54(48,49)50)14-19-8-4-3-5-9-19)32(47)41-22-16-21(35)11-10-20(22)15-23(41)30(45)38-12-6-7-13-39-34(36)37/h3-5,8-9,18,20-29,33,42-44H,6-7,10-17H2,1-2H3,(H,38,45)(H,40,46)(H4,36,37,39)(H,48,49,50)/t20?,21?,22?,23?,24-,25?,26+,27+,28-,29-,33-/m1/s1. The zero-order valence-electron chi connectivity index (χ0n) is 30.3. The molecule has 1 saturated carbocycles. The number of hydrogen-bond donors (Lipinski definition) is 8. The molecule has 20 heteroatoms. The third-order valence-corrected chi connectivity index (χ3v) is 10.8. The van der Waals surface area contributed by atoms with Crippen molar-refractivity contribution in [3.63, 3.8) is 0 Å². The van der Waals surface area contributed by atoms with Crippen molar-refractivity contribution in [1.82, 2.24) is 15.5 Å². The lowest BCUT2D eigenvalue weighted by molar-refractivity contribution is -0.288. The summed E-state index contributed by atoms with van der Waals surface area (Å²) in [6.07, 6.45) is -6.83. The maximum atomic E-state index is 15.1. The molecule has 0 radical (unpaired) electrons. The zero-order chi connectivity index (χ0) is 39.7. The Balaban J connectivity index is 1.70. The average molecular weight is 805 g/mol. The Hall–Kier alpha value is -3.14. The van der Waals surface area contributed by atoms with Crippen LogP contribution < -0.4 is 22.1 Å². The Morgan fingerprint density at radius 1 is 1.07 bits per heavy atom. The monoisotopic (exact) mass is 804 g/mol. The van der Waals surface area contributed by atoms with Gasteiger partial charge in [0.1, 0.15) is 30.4 Å². The van der Waals surface area contributed by atoms with Gasteiger partial charge in [-0.1, -0.05) is 44.2 Å². The van der Waals surface area contributed by atoms with E-state index >= 15 is 4.79 Å². The molecule has 18 nitrogen and oxygen atoms in total. The van der Waals surface area contributed by atoms with E-state index in [1.54, 1.807) is 44.2 Å². The van der Waals surface area contributed by atoms with Gasteiger partial charge in [0.05, 0.1) is 12.7 Å². The van der Waals surface area contributed by atoms with Crippen molar-refractivity contribution in [2.75, 3.05) is 19.7 Å². The third kappa shape index (κ3) is 11.9. The third-order valence-electron chi connectivity index (χ3n) is 9.94. The van der Waals surface area contributed by atoms with Crippen LogP contribution in [0.2, 0.25) is 0 Å². The summed E-state index contributed by atoms with van der Waals surface area (Å²) in [5, 5.41) is 36.3. The quantitative estimate of drug-likeness (QED) is 0.0306. The van der Waals surface area contributed by atoms with Gasteiger partial charge in [-0.05, 0) is 55.9 Å². The number of nitrogens with zero attached hydrogens (tertiary/aromatic N) is 2. The maximum absolute atomic E-state index is 15.1. The average Bonchev–Trinajstić information content (AvgIpc) is 3.48. The highest BCUT2D eigenvalue weighted by Crippen LogP contribution is 2.42. The molecule has 1 aliphatic carbocycles. The molecule has 5 unspecified atom stereocenters. The number of aliphatic hydroxyl groups excluding tert-OH is 3. The van der Waals surface area contributed by atoms with Gasteiger partial charge in [0.15, 0.2) is 18.4 Å². The van der Waals surface area contributed by atoms with Crippen molar-refractivity contribution < 1.29 is 56.3 Å². The lowest BCUT2D eigenvalue weighted by Gasteiger charge is -2.42. The fourth-order valence-electron chi connectivity index (χ4n) is 7.24. The van der Waals surface area contributed by atoms with Crippen LogP contribution >= 0.6 is 11.6 Å². The smallest absolute Gasteiger partial charge is 0.388 e. The van der Waals surface area contributed by atoms with Crippen LogP contribution in [0.25, 0.3) is 0 Å². The lowest BCUT2D eigenvalue weighted by Crippen LogP contribution is -2.64. The van der Waals surface area contributed by atoms with E-state index in [4.69, 9.17) is 36.7 Å². The number of rotatable bonds is 17. The molecule has 1 aromatic carbocycles. The predicted molar refractivity (Wildman–Crippen MR) is 195 cm³/mol. The summed E-state index contributed by atoms with van der Waals surface area (Å²) in [4.78, 5) is 48.3. The van der Waals surface area contributed by atoms with E-state index in [9.17, 15) is 37.9 Å². The van der Waals surface area contributed by atoms with Crippen molar-refractivity contribution in [3.05, 3.63) is 35.9 Å². The van der Waals surface area contributed by atoms with Gasteiger partial charge < -0.3 is 51.8 Å². The topological polar surface area (TPSA) is 286 Å². The molecule has 0 aromatic heterocycles. The van der Waals surface area contributed by atoms with E-state index in [2.05, 4.69) is 15.6 Å². The largest absolute Gasteiger partial charge is 0.398 e. The second-order valence-corrected chi connectivity index (χ2v) is 16.0. The summed E-state index contributed by atoms with van der Waals surface area (Å²) in [7, 11) is -5.18. The first-order valence-electron chi connectivity index (χ1n) is 18.1. The molecule has 3 fully saturated rings. The minimum Gasteiger partial charge on any atom is -0.388 e. The highest BCUT2D eigenvalue weighted by Gasteiger charge is 2.52. The first-order valence-corrected chi connectivity index (χ1v) is 19.9. The Bertz CT molecular complexity index is 1550. The number of ether oxygens (including phenoxy) is 2. The summed E-state index contributed by atoms with van der Waals surface area (Å²) >= 11 is 6.62. The van der Waals surface area contributed by atoms with Crippen molar-refractivity contribution >= 4 is 45.7 Å². The van der Waals surface area contributed by atoms with Crippen molar-refractivity contribution in [1.29, 1.82) is 0 Å². The number of guanidine groups is 1. The molecule has 10 N–H and O–H groups in total. The van der Waals surface area contributed by atoms with Crippen LogP contribution in [0.4, 0.5) is 0 Å². The lowest BCUT2D eigenvalue weighted by atomic mass is 9.84. The molecular formula is C34H53ClN6O12S. The molecule has 3 aliphatic rings.